The molecule has 142 valence electrons. The fraction of sp³-hybridized carbons (Fsp3) is 0.524. The molecule has 0 saturated carbocycles. The molecule has 0 N–H and O–H groups in total. The van der Waals surface area contributed by atoms with Gasteiger partial charge in [0.2, 0.25) is 10.0 Å². The van der Waals surface area contributed by atoms with Gasteiger partial charge in [-0.3, -0.25) is 0 Å². The maximum atomic E-state index is 12.9. The van der Waals surface area contributed by atoms with Crippen LogP contribution in [-0.2, 0) is 14.8 Å². The van der Waals surface area contributed by atoms with Crippen LogP contribution >= 0.6 is 0 Å². The minimum absolute atomic E-state index is 0.151. The third-order valence-electron chi connectivity index (χ3n) is 4.36. The van der Waals surface area contributed by atoms with Crippen molar-refractivity contribution in [2.45, 2.75) is 63.1 Å². The summed E-state index contributed by atoms with van der Waals surface area (Å²) < 4.78 is 32.7. The van der Waals surface area contributed by atoms with Gasteiger partial charge in [-0.1, -0.05) is 55.9 Å². The zero-order chi connectivity index (χ0) is 19.0. The second-order valence-electron chi connectivity index (χ2n) is 6.65. The largest absolute Gasteiger partial charge is 0.354 e. The highest BCUT2D eigenvalue weighted by molar-refractivity contribution is 7.89. The Morgan fingerprint density at radius 1 is 1.23 bits per heavy atom. The van der Waals surface area contributed by atoms with Gasteiger partial charge >= 0.3 is 0 Å². The molecule has 1 heterocycles. The van der Waals surface area contributed by atoms with Gasteiger partial charge in [-0.15, -0.1) is 12.5 Å². The Hall–Kier alpha value is -1.61. The SMILES string of the molecule is C=CCN(C[C@H]1O[C@H]1C#CCCCCCC)S(=O)(=O)c1ccc(C)cc1. The molecule has 0 aromatic heterocycles. The minimum atomic E-state index is -3.56. The van der Waals surface area contributed by atoms with Gasteiger partial charge in [0.15, 0.2) is 0 Å². The molecule has 1 aliphatic heterocycles. The van der Waals surface area contributed by atoms with Crippen molar-refractivity contribution >= 4 is 10.0 Å². The highest BCUT2D eigenvalue weighted by atomic mass is 32.2. The smallest absolute Gasteiger partial charge is 0.243 e. The van der Waals surface area contributed by atoms with Gasteiger partial charge in [0.05, 0.1) is 4.90 Å². The second kappa shape index (κ2) is 9.91. The van der Waals surface area contributed by atoms with E-state index in [1.54, 1.807) is 30.3 Å². The number of hydrogen-bond donors (Lipinski definition) is 0. The Kier molecular flexibility index (Phi) is 7.89. The quantitative estimate of drug-likeness (QED) is 0.270. The molecule has 0 spiro atoms. The minimum Gasteiger partial charge on any atom is -0.354 e. The van der Waals surface area contributed by atoms with Crippen molar-refractivity contribution in [3.63, 3.8) is 0 Å². The lowest BCUT2D eigenvalue weighted by molar-refractivity contribution is 0.342. The molecular weight excluding hydrogens is 346 g/mol. The predicted molar refractivity (Wildman–Crippen MR) is 105 cm³/mol. The standard InChI is InChI=1S/C21H29NO3S/c1-4-6-7-8-9-10-11-20-21(25-20)17-22(16-5-2)26(23,24)19-14-12-18(3)13-15-19/h5,12-15,20-21H,2,4,6-9,16-17H2,1,3H3/t20-,21+/m0/s1. The molecule has 0 bridgehead atoms. The molecule has 2 atom stereocenters. The van der Waals surface area contributed by atoms with E-state index in [0.717, 1.165) is 18.4 Å². The van der Waals surface area contributed by atoms with E-state index in [1.165, 1.54) is 23.6 Å². The Balaban J connectivity index is 1.92. The first kappa shape index (κ1) is 20.7. The van der Waals surface area contributed by atoms with Crippen molar-refractivity contribution < 1.29 is 13.2 Å². The molecule has 0 aliphatic carbocycles. The van der Waals surface area contributed by atoms with Crippen LogP contribution in [0.25, 0.3) is 0 Å². The summed E-state index contributed by atoms with van der Waals surface area (Å²) in [6.45, 7) is 8.36. The Bertz CT molecular complexity index is 744. The number of benzene rings is 1. The first-order valence-electron chi connectivity index (χ1n) is 9.30. The number of unbranched alkanes of at least 4 members (excludes halogenated alkanes) is 4. The second-order valence-corrected chi connectivity index (χ2v) is 8.59. The highest BCUT2D eigenvalue weighted by Gasteiger charge is 2.41. The molecule has 1 aromatic carbocycles. The summed E-state index contributed by atoms with van der Waals surface area (Å²) in [4.78, 5) is 0.296. The Morgan fingerprint density at radius 3 is 2.62 bits per heavy atom. The zero-order valence-electron chi connectivity index (χ0n) is 15.8. The summed E-state index contributed by atoms with van der Waals surface area (Å²) in [5, 5.41) is 0. The van der Waals surface area contributed by atoms with Crippen LogP contribution in [0.1, 0.15) is 44.6 Å². The van der Waals surface area contributed by atoms with Crippen LogP contribution in [0.4, 0.5) is 0 Å². The van der Waals surface area contributed by atoms with Crippen molar-refractivity contribution in [1.29, 1.82) is 0 Å². The zero-order valence-corrected chi connectivity index (χ0v) is 16.6. The Labute approximate surface area is 158 Å². The molecule has 0 radical (unpaired) electrons. The monoisotopic (exact) mass is 375 g/mol. The first-order valence-corrected chi connectivity index (χ1v) is 10.7. The number of sulfonamides is 1. The summed E-state index contributed by atoms with van der Waals surface area (Å²) in [5.41, 5.74) is 1.03. The molecule has 4 nitrogen and oxygen atoms in total. The van der Waals surface area contributed by atoms with E-state index >= 15 is 0 Å². The van der Waals surface area contributed by atoms with Crippen molar-refractivity contribution in [3.8, 4) is 11.8 Å². The van der Waals surface area contributed by atoms with Crippen LogP contribution < -0.4 is 0 Å². The molecule has 1 aliphatic rings. The summed E-state index contributed by atoms with van der Waals surface area (Å²) in [6, 6.07) is 6.89. The molecule has 26 heavy (non-hydrogen) atoms. The van der Waals surface area contributed by atoms with Crippen LogP contribution in [0.3, 0.4) is 0 Å². The van der Waals surface area contributed by atoms with E-state index < -0.39 is 10.0 Å². The number of hydrogen-bond acceptors (Lipinski definition) is 3. The number of epoxide rings is 1. The van der Waals surface area contributed by atoms with Gasteiger partial charge in [-0.05, 0) is 25.5 Å². The van der Waals surface area contributed by atoms with Crippen LogP contribution in [0.2, 0.25) is 0 Å². The van der Waals surface area contributed by atoms with E-state index in [9.17, 15) is 8.42 Å². The van der Waals surface area contributed by atoms with Gasteiger partial charge in [-0.2, -0.15) is 4.31 Å². The molecule has 5 heteroatoms. The first-order chi connectivity index (χ1) is 12.5. The summed E-state index contributed by atoms with van der Waals surface area (Å²) in [5.74, 6) is 6.27. The number of aryl methyl sites for hydroxylation is 1. The van der Waals surface area contributed by atoms with Crippen molar-refractivity contribution in [2.24, 2.45) is 0 Å². The van der Waals surface area contributed by atoms with E-state index in [2.05, 4.69) is 25.3 Å². The van der Waals surface area contributed by atoms with Gasteiger partial charge in [0.1, 0.15) is 12.2 Å². The van der Waals surface area contributed by atoms with Crippen molar-refractivity contribution in [2.75, 3.05) is 13.1 Å². The fourth-order valence-corrected chi connectivity index (χ4v) is 4.12. The molecule has 1 saturated heterocycles. The molecule has 0 amide bonds. The van der Waals surface area contributed by atoms with Crippen LogP contribution in [0.5, 0.6) is 0 Å². The highest BCUT2D eigenvalue weighted by Crippen LogP contribution is 2.25. The predicted octanol–water partition coefficient (Wildman–Crippen LogP) is 3.91. The lowest BCUT2D eigenvalue weighted by atomic mass is 10.1. The topological polar surface area (TPSA) is 49.9 Å². The molecular formula is C21H29NO3S. The van der Waals surface area contributed by atoms with Gasteiger partial charge in [-0.25, -0.2) is 8.42 Å². The average Bonchev–Trinajstić information content (AvgIpc) is 3.36. The number of nitrogens with zero attached hydrogens (tertiary/aromatic N) is 1. The number of ether oxygens (including phenoxy) is 1. The van der Waals surface area contributed by atoms with E-state index in [-0.39, 0.29) is 18.8 Å². The molecule has 0 unspecified atom stereocenters. The van der Waals surface area contributed by atoms with Gasteiger partial charge in [0.25, 0.3) is 0 Å². The van der Waals surface area contributed by atoms with Crippen LogP contribution in [0, 0.1) is 18.8 Å². The van der Waals surface area contributed by atoms with E-state index in [4.69, 9.17) is 4.74 Å². The third kappa shape index (κ3) is 5.98. The van der Waals surface area contributed by atoms with Crippen molar-refractivity contribution in [1.82, 2.24) is 4.31 Å². The van der Waals surface area contributed by atoms with Crippen molar-refractivity contribution in [3.05, 3.63) is 42.5 Å². The van der Waals surface area contributed by atoms with Gasteiger partial charge < -0.3 is 4.74 Å². The lowest BCUT2D eigenvalue weighted by Gasteiger charge is -2.19. The van der Waals surface area contributed by atoms with Crippen LogP contribution in [0.15, 0.2) is 41.8 Å². The van der Waals surface area contributed by atoms with Crippen LogP contribution in [-0.4, -0.2) is 38.0 Å². The maximum Gasteiger partial charge on any atom is 0.243 e. The third-order valence-corrected chi connectivity index (χ3v) is 6.20. The summed E-state index contributed by atoms with van der Waals surface area (Å²) >= 11 is 0. The maximum absolute atomic E-state index is 12.9. The normalized spacial score (nSPS) is 19.0. The average molecular weight is 376 g/mol. The van der Waals surface area contributed by atoms with Gasteiger partial charge in [0, 0.05) is 19.5 Å². The molecule has 1 fully saturated rings. The Morgan fingerprint density at radius 2 is 1.96 bits per heavy atom. The molecule has 1 aromatic rings. The van der Waals surface area contributed by atoms with E-state index in [0.29, 0.717) is 11.4 Å². The summed E-state index contributed by atoms with van der Waals surface area (Å²) in [6.07, 6.45) is 6.96. The fourth-order valence-electron chi connectivity index (χ4n) is 2.70. The molecule has 2 rings (SSSR count). The number of rotatable bonds is 10. The van der Waals surface area contributed by atoms with E-state index in [1.807, 2.05) is 6.92 Å². The summed E-state index contributed by atoms with van der Waals surface area (Å²) in [7, 11) is -3.56. The lowest BCUT2D eigenvalue weighted by Crippen LogP contribution is -2.35.